The number of sulfonamides is 1. The maximum absolute atomic E-state index is 12.9. The first kappa shape index (κ1) is 21.6. The molecule has 0 aliphatic carbocycles. The number of likely N-dealkylation sites (N-methyl/N-ethyl adjacent to an activating group) is 1. The van der Waals surface area contributed by atoms with Crippen molar-refractivity contribution < 1.29 is 22.8 Å². The molecule has 2 aromatic carbocycles. The third-order valence-corrected chi connectivity index (χ3v) is 7.03. The number of carbonyl (C=O) groups is 1. The molecule has 3 aromatic rings. The van der Waals surface area contributed by atoms with Crippen LogP contribution in [0.15, 0.2) is 50.6 Å². The van der Waals surface area contributed by atoms with Gasteiger partial charge in [0.2, 0.25) is 15.8 Å². The molecule has 0 amide bonds. The van der Waals surface area contributed by atoms with Crippen molar-refractivity contribution in [1.82, 2.24) is 14.8 Å². The van der Waals surface area contributed by atoms with Crippen LogP contribution in [0.5, 0.6) is 0 Å². The lowest BCUT2D eigenvalue weighted by Gasteiger charge is -2.25. The zero-order valence-corrected chi connectivity index (χ0v) is 18.5. The van der Waals surface area contributed by atoms with Gasteiger partial charge in [-0.15, -0.1) is 0 Å². The van der Waals surface area contributed by atoms with E-state index in [0.29, 0.717) is 28.9 Å². The number of aromatic nitrogens is 1. The monoisotopic (exact) mass is 460 g/mol. The molecule has 11 heteroatoms. The highest BCUT2D eigenvalue weighted by molar-refractivity contribution is 7.89. The van der Waals surface area contributed by atoms with Crippen LogP contribution >= 0.6 is 9.03 Å². The minimum absolute atomic E-state index is 0.0511. The maximum atomic E-state index is 12.9. The van der Waals surface area contributed by atoms with Crippen molar-refractivity contribution in [1.29, 1.82) is 0 Å². The number of benzene rings is 2. The van der Waals surface area contributed by atoms with Crippen molar-refractivity contribution in [3.63, 3.8) is 0 Å². The van der Waals surface area contributed by atoms with Gasteiger partial charge in [-0.05, 0) is 69.9 Å². The van der Waals surface area contributed by atoms with Gasteiger partial charge < -0.3 is 14.5 Å². The number of aliphatic carboxylic acids is 1. The van der Waals surface area contributed by atoms with E-state index in [0.717, 1.165) is 24.1 Å². The van der Waals surface area contributed by atoms with Gasteiger partial charge in [0.05, 0.1) is 10.3 Å². The van der Waals surface area contributed by atoms with Crippen molar-refractivity contribution in [2.75, 3.05) is 13.6 Å². The Bertz CT molecular complexity index is 1270. The Balaban J connectivity index is 1.58. The van der Waals surface area contributed by atoms with Crippen LogP contribution in [-0.4, -0.2) is 49.2 Å². The molecule has 1 aliphatic heterocycles. The summed E-state index contributed by atoms with van der Waals surface area (Å²) in [4.78, 5) is 14.0. The molecule has 0 bridgehead atoms. The highest BCUT2D eigenvalue weighted by atomic mass is 32.2. The molecule has 0 fully saturated rings. The zero-order chi connectivity index (χ0) is 22.2. The largest absolute Gasteiger partial charge is 0.480 e. The first-order chi connectivity index (χ1) is 14.8. The van der Waals surface area contributed by atoms with Crippen LogP contribution in [0.1, 0.15) is 16.7 Å². The number of hydrogen-bond acceptors (Lipinski definition) is 7. The van der Waals surface area contributed by atoms with Gasteiger partial charge in [-0.1, -0.05) is 17.3 Å². The lowest BCUT2D eigenvalue weighted by atomic mass is 10.0. The van der Waals surface area contributed by atoms with Crippen LogP contribution in [-0.2, 0) is 34.2 Å². The topological polar surface area (TPSA) is 125 Å². The Morgan fingerprint density at radius 1 is 1.32 bits per heavy atom. The minimum atomic E-state index is -4.03. The Labute approximate surface area is 181 Å². The molecule has 2 heterocycles. The van der Waals surface area contributed by atoms with E-state index < -0.39 is 22.0 Å². The Morgan fingerprint density at radius 2 is 2.13 bits per heavy atom. The molecule has 0 unspecified atom stereocenters. The van der Waals surface area contributed by atoms with Gasteiger partial charge in [0.15, 0.2) is 5.58 Å². The molecule has 0 saturated heterocycles. The molecule has 2 N–H and O–H groups in total. The fourth-order valence-corrected chi connectivity index (χ4v) is 5.09. The van der Waals surface area contributed by atoms with E-state index >= 15 is 0 Å². The summed E-state index contributed by atoms with van der Waals surface area (Å²) in [5.74, 6) is -0.947. The summed E-state index contributed by atoms with van der Waals surface area (Å²) in [6.07, 6.45) is 0.801. The number of carboxylic acid groups (broad SMARTS) is 1. The van der Waals surface area contributed by atoms with Gasteiger partial charge in [-0.3, -0.25) is 4.79 Å². The summed E-state index contributed by atoms with van der Waals surface area (Å²) in [6.45, 7) is 1.57. The van der Waals surface area contributed by atoms with Crippen LogP contribution in [0.25, 0.3) is 11.0 Å². The van der Waals surface area contributed by atoms with Crippen molar-refractivity contribution in [2.45, 2.75) is 30.3 Å². The molecule has 0 saturated carbocycles. The van der Waals surface area contributed by atoms with Gasteiger partial charge in [0, 0.05) is 13.1 Å². The summed E-state index contributed by atoms with van der Waals surface area (Å²) in [5.41, 5.74) is 3.15. The van der Waals surface area contributed by atoms with E-state index in [4.69, 9.17) is 4.52 Å². The van der Waals surface area contributed by atoms with E-state index in [1.165, 1.54) is 6.07 Å². The lowest BCUT2D eigenvalue weighted by molar-refractivity contribution is -0.138. The van der Waals surface area contributed by atoms with Crippen LogP contribution in [0, 0.1) is 0 Å². The molecular formula is C20H21N4O5PS. The molecule has 1 aromatic heterocycles. The maximum Gasteiger partial charge on any atom is 0.322 e. The molecule has 1 atom stereocenters. The van der Waals surface area contributed by atoms with E-state index in [-0.39, 0.29) is 11.3 Å². The van der Waals surface area contributed by atoms with Gasteiger partial charge in [-0.25, -0.2) is 13.2 Å². The Kier molecular flexibility index (Phi) is 5.90. The second-order valence-electron chi connectivity index (χ2n) is 7.58. The van der Waals surface area contributed by atoms with Crippen LogP contribution in [0.4, 0.5) is 5.82 Å². The normalized spacial score (nSPS) is 15.5. The lowest BCUT2D eigenvalue weighted by Crippen LogP contribution is -2.42. The fourth-order valence-electron chi connectivity index (χ4n) is 3.69. The first-order valence-electron chi connectivity index (χ1n) is 9.58. The third kappa shape index (κ3) is 4.52. The predicted octanol–water partition coefficient (Wildman–Crippen LogP) is 2.75. The molecule has 1 aliphatic rings. The minimum Gasteiger partial charge on any atom is -0.480 e. The smallest absolute Gasteiger partial charge is 0.322 e. The summed E-state index contributed by atoms with van der Waals surface area (Å²) < 4.78 is 37.2. The number of carboxylic acids is 1. The van der Waals surface area contributed by atoms with Gasteiger partial charge in [-0.2, -0.15) is 4.72 Å². The zero-order valence-electron chi connectivity index (χ0n) is 16.7. The molecule has 0 spiro atoms. The van der Waals surface area contributed by atoms with Crippen LogP contribution in [0.2, 0.25) is 0 Å². The third-order valence-electron chi connectivity index (χ3n) is 5.35. The van der Waals surface area contributed by atoms with Crippen molar-refractivity contribution in [3.05, 3.63) is 53.1 Å². The summed E-state index contributed by atoms with van der Waals surface area (Å²) >= 11 is 0. The average molecular weight is 460 g/mol. The number of nitrogens with zero attached hydrogens (tertiary/aromatic N) is 3. The molecule has 31 heavy (non-hydrogen) atoms. The standard InChI is InChI=1S/C20H21N4O5PS/c1-24-7-6-13-3-4-15(10-14(13)11-24)31(27,28)23-17(20(25)26)9-12-2-5-18-16(8-12)19(22-30)21-29-18/h2-5,8,10,17,23,30H,6-7,9,11H2,1H3,(H,25,26)/t17-/m0/s1. The quantitative estimate of drug-likeness (QED) is 0.520. The first-order valence-corrected chi connectivity index (χ1v) is 11.5. The second-order valence-corrected chi connectivity index (χ2v) is 9.52. The van der Waals surface area contributed by atoms with Crippen LogP contribution < -0.4 is 4.72 Å². The van der Waals surface area contributed by atoms with Crippen LogP contribution in [0.3, 0.4) is 0 Å². The van der Waals surface area contributed by atoms with Crippen molar-refractivity contribution in [3.8, 4) is 0 Å². The number of nitrogens with one attached hydrogen (secondary N) is 1. The second kappa shape index (κ2) is 8.47. The number of hydrogen-bond donors (Lipinski definition) is 2. The molecule has 162 valence electrons. The molecule has 4 rings (SSSR count). The van der Waals surface area contributed by atoms with Crippen molar-refractivity contribution >= 4 is 41.8 Å². The molecular weight excluding hydrogens is 439 g/mol. The molecule has 0 radical (unpaired) electrons. The van der Waals surface area contributed by atoms with E-state index in [1.807, 2.05) is 7.05 Å². The predicted molar refractivity (Wildman–Crippen MR) is 116 cm³/mol. The number of fused-ring (bicyclic) bond motifs is 2. The number of rotatable bonds is 7. The van der Waals surface area contributed by atoms with E-state index in [9.17, 15) is 18.3 Å². The van der Waals surface area contributed by atoms with Crippen molar-refractivity contribution in [2.24, 2.45) is 4.74 Å². The summed E-state index contributed by atoms with van der Waals surface area (Å²) in [6, 6.07) is 8.61. The van der Waals surface area contributed by atoms with Gasteiger partial charge in [0.1, 0.15) is 6.04 Å². The highest BCUT2D eigenvalue weighted by Crippen LogP contribution is 2.27. The van der Waals surface area contributed by atoms with E-state index in [1.54, 1.807) is 30.3 Å². The fraction of sp³-hybridized carbons (Fsp3) is 0.300. The average Bonchev–Trinajstić information content (AvgIpc) is 3.14. The Morgan fingerprint density at radius 3 is 2.87 bits per heavy atom. The molecule has 9 nitrogen and oxygen atoms in total. The Hall–Kier alpha value is -2.65. The SMILES string of the molecule is CN1CCc2ccc(S(=O)(=O)N[C@@H](Cc3ccc4onc(N=P)c4c3)C(=O)O)cc2C1. The van der Waals surface area contributed by atoms with Gasteiger partial charge in [0.25, 0.3) is 0 Å². The summed E-state index contributed by atoms with van der Waals surface area (Å²) in [7, 11) is 0.966. The highest BCUT2D eigenvalue weighted by Gasteiger charge is 2.27. The van der Waals surface area contributed by atoms with Gasteiger partial charge >= 0.3 is 5.97 Å². The van der Waals surface area contributed by atoms with E-state index in [2.05, 4.69) is 28.6 Å². The summed E-state index contributed by atoms with van der Waals surface area (Å²) in [5, 5.41) is 14.0.